The minimum atomic E-state index is -0.759. The van der Waals surface area contributed by atoms with Crippen LogP contribution in [0.3, 0.4) is 0 Å². The van der Waals surface area contributed by atoms with Gasteiger partial charge in [0.2, 0.25) is 0 Å². The molecule has 1 rings (SSSR count). The lowest BCUT2D eigenvalue weighted by Gasteiger charge is -2.36. The SMILES string of the molecule is C/C=C/C1CCCC(=O)C1(C)C(C)=O. The van der Waals surface area contributed by atoms with E-state index in [1.165, 1.54) is 6.92 Å². The van der Waals surface area contributed by atoms with Gasteiger partial charge in [-0.3, -0.25) is 9.59 Å². The first kappa shape index (κ1) is 11.2. The van der Waals surface area contributed by atoms with Crippen LogP contribution in [0.15, 0.2) is 12.2 Å². The molecule has 0 saturated heterocycles. The van der Waals surface area contributed by atoms with Crippen molar-refractivity contribution < 1.29 is 9.59 Å². The number of carbonyl (C=O) groups excluding carboxylic acids is 2. The van der Waals surface area contributed by atoms with Crippen LogP contribution in [0.25, 0.3) is 0 Å². The van der Waals surface area contributed by atoms with Gasteiger partial charge in [0.05, 0.1) is 5.41 Å². The lowest BCUT2D eigenvalue weighted by molar-refractivity contribution is -0.143. The summed E-state index contributed by atoms with van der Waals surface area (Å²) in [5.41, 5.74) is -0.759. The van der Waals surface area contributed by atoms with E-state index in [1.54, 1.807) is 6.92 Å². The summed E-state index contributed by atoms with van der Waals surface area (Å²) in [4.78, 5) is 23.3. The number of carbonyl (C=O) groups is 2. The third-order valence-electron chi connectivity index (χ3n) is 3.40. The molecule has 0 aromatic heterocycles. The molecule has 0 aliphatic heterocycles. The second-order valence-corrected chi connectivity index (χ2v) is 4.21. The molecule has 0 amide bonds. The van der Waals surface area contributed by atoms with Crippen molar-refractivity contribution in [3.63, 3.8) is 0 Å². The van der Waals surface area contributed by atoms with E-state index < -0.39 is 5.41 Å². The predicted molar refractivity (Wildman–Crippen MR) is 56.0 cm³/mol. The molecule has 0 aromatic carbocycles. The highest BCUT2D eigenvalue weighted by Crippen LogP contribution is 2.39. The monoisotopic (exact) mass is 194 g/mol. The zero-order valence-corrected chi connectivity index (χ0v) is 9.17. The fraction of sp³-hybridized carbons (Fsp3) is 0.667. The van der Waals surface area contributed by atoms with Gasteiger partial charge in [-0.15, -0.1) is 0 Å². The van der Waals surface area contributed by atoms with E-state index >= 15 is 0 Å². The number of hydrogen-bond donors (Lipinski definition) is 0. The molecule has 0 aromatic rings. The van der Waals surface area contributed by atoms with Gasteiger partial charge in [-0.2, -0.15) is 0 Å². The van der Waals surface area contributed by atoms with Gasteiger partial charge in [-0.25, -0.2) is 0 Å². The van der Waals surface area contributed by atoms with Crippen LogP contribution < -0.4 is 0 Å². The molecule has 0 heterocycles. The molecule has 14 heavy (non-hydrogen) atoms. The lowest BCUT2D eigenvalue weighted by atomic mass is 9.64. The fourth-order valence-corrected chi connectivity index (χ4v) is 2.22. The van der Waals surface area contributed by atoms with Crippen LogP contribution in [0.4, 0.5) is 0 Å². The van der Waals surface area contributed by atoms with Crippen molar-refractivity contribution >= 4 is 11.6 Å². The summed E-state index contributed by atoms with van der Waals surface area (Å²) in [6.07, 6.45) is 6.36. The molecule has 2 unspecified atom stereocenters. The quantitative estimate of drug-likeness (QED) is 0.500. The number of ketones is 2. The van der Waals surface area contributed by atoms with Gasteiger partial charge in [0.1, 0.15) is 11.6 Å². The van der Waals surface area contributed by atoms with Crippen LogP contribution >= 0.6 is 0 Å². The molecule has 2 nitrogen and oxygen atoms in total. The molecular weight excluding hydrogens is 176 g/mol. The first-order valence-corrected chi connectivity index (χ1v) is 5.20. The Morgan fingerprint density at radius 2 is 2.21 bits per heavy atom. The minimum absolute atomic E-state index is 0.00491. The van der Waals surface area contributed by atoms with E-state index in [0.29, 0.717) is 6.42 Å². The predicted octanol–water partition coefficient (Wildman–Crippen LogP) is 2.53. The number of rotatable bonds is 2. The van der Waals surface area contributed by atoms with Gasteiger partial charge in [0.25, 0.3) is 0 Å². The summed E-state index contributed by atoms with van der Waals surface area (Å²) in [6.45, 7) is 5.25. The molecule has 0 N–H and O–H groups in total. The maximum absolute atomic E-state index is 11.8. The maximum atomic E-state index is 11.8. The maximum Gasteiger partial charge on any atom is 0.146 e. The third kappa shape index (κ3) is 1.66. The average Bonchev–Trinajstić information content (AvgIpc) is 2.13. The van der Waals surface area contributed by atoms with Gasteiger partial charge >= 0.3 is 0 Å². The summed E-state index contributed by atoms with van der Waals surface area (Å²) in [5, 5.41) is 0. The van der Waals surface area contributed by atoms with E-state index in [-0.39, 0.29) is 17.5 Å². The highest BCUT2D eigenvalue weighted by molar-refractivity contribution is 6.06. The fourth-order valence-electron chi connectivity index (χ4n) is 2.22. The van der Waals surface area contributed by atoms with Crippen molar-refractivity contribution in [2.24, 2.45) is 11.3 Å². The van der Waals surface area contributed by atoms with E-state index in [1.807, 2.05) is 19.1 Å². The third-order valence-corrected chi connectivity index (χ3v) is 3.40. The molecule has 1 aliphatic rings. The van der Waals surface area contributed by atoms with E-state index in [0.717, 1.165) is 12.8 Å². The summed E-state index contributed by atoms with van der Waals surface area (Å²) in [6, 6.07) is 0. The average molecular weight is 194 g/mol. The van der Waals surface area contributed by atoms with Crippen molar-refractivity contribution in [2.75, 3.05) is 0 Å². The molecule has 2 atom stereocenters. The Balaban J connectivity index is 3.03. The number of allylic oxidation sites excluding steroid dienone is 2. The molecule has 2 heteroatoms. The van der Waals surface area contributed by atoms with Crippen LogP contribution in [0.5, 0.6) is 0 Å². The highest BCUT2D eigenvalue weighted by atomic mass is 16.2. The van der Waals surface area contributed by atoms with Crippen LogP contribution in [0, 0.1) is 11.3 Å². The van der Waals surface area contributed by atoms with E-state index in [4.69, 9.17) is 0 Å². The smallest absolute Gasteiger partial charge is 0.146 e. The van der Waals surface area contributed by atoms with Crippen molar-refractivity contribution in [3.8, 4) is 0 Å². The zero-order chi connectivity index (χ0) is 10.8. The van der Waals surface area contributed by atoms with Crippen LogP contribution in [-0.4, -0.2) is 11.6 Å². The van der Waals surface area contributed by atoms with Gasteiger partial charge in [-0.1, -0.05) is 12.2 Å². The second-order valence-electron chi connectivity index (χ2n) is 4.21. The van der Waals surface area contributed by atoms with Crippen molar-refractivity contribution in [2.45, 2.75) is 40.0 Å². The molecule has 0 spiro atoms. The standard InChI is InChI=1S/C12H18O2/c1-4-6-10-7-5-8-11(14)12(10,3)9(2)13/h4,6,10H,5,7-8H2,1-3H3/b6-4+. The zero-order valence-electron chi connectivity index (χ0n) is 9.17. The molecular formula is C12H18O2. The van der Waals surface area contributed by atoms with Gasteiger partial charge in [0.15, 0.2) is 0 Å². The number of hydrogen-bond acceptors (Lipinski definition) is 2. The molecule has 1 aliphatic carbocycles. The van der Waals surface area contributed by atoms with E-state index in [2.05, 4.69) is 0 Å². The number of Topliss-reactive ketones (excluding diaryl/α,β-unsaturated/α-hetero) is 2. The van der Waals surface area contributed by atoms with Crippen LogP contribution in [0.1, 0.15) is 40.0 Å². The molecule has 1 fully saturated rings. The molecule has 78 valence electrons. The van der Waals surface area contributed by atoms with Gasteiger partial charge in [0, 0.05) is 6.42 Å². The van der Waals surface area contributed by atoms with Crippen LogP contribution in [-0.2, 0) is 9.59 Å². The highest BCUT2D eigenvalue weighted by Gasteiger charge is 2.45. The van der Waals surface area contributed by atoms with E-state index in [9.17, 15) is 9.59 Å². The second kappa shape index (κ2) is 4.07. The van der Waals surface area contributed by atoms with Crippen molar-refractivity contribution in [1.29, 1.82) is 0 Å². The normalized spacial score (nSPS) is 33.6. The topological polar surface area (TPSA) is 34.1 Å². The Bertz CT molecular complexity index is 278. The Labute approximate surface area is 85.4 Å². The Morgan fingerprint density at radius 3 is 2.71 bits per heavy atom. The largest absolute Gasteiger partial charge is 0.299 e. The van der Waals surface area contributed by atoms with Gasteiger partial charge < -0.3 is 0 Å². The summed E-state index contributed by atoms with van der Waals surface area (Å²) in [7, 11) is 0. The van der Waals surface area contributed by atoms with Crippen LogP contribution in [0.2, 0.25) is 0 Å². The Kier molecular flexibility index (Phi) is 3.25. The summed E-state index contributed by atoms with van der Waals surface area (Å²) in [5.74, 6) is 0.218. The van der Waals surface area contributed by atoms with Gasteiger partial charge in [-0.05, 0) is 39.5 Å². The lowest BCUT2D eigenvalue weighted by Crippen LogP contribution is -2.44. The molecule has 1 saturated carbocycles. The van der Waals surface area contributed by atoms with Crippen molar-refractivity contribution in [1.82, 2.24) is 0 Å². The molecule has 0 bridgehead atoms. The first-order chi connectivity index (χ1) is 6.53. The first-order valence-electron chi connectivity index (χ1n) is 5.20. The van der Waals surface area contributed by atoms with Crippen molar-refractivity contribution in [3.05, 3.63) is 12.2 Å². The molecule has 0 radical (unpaired) electrons. The summed E-state index contributed by atoms with van der Waals surface area (Å²) < 4.78 is 0. The Hall–Kier alpha value is -0.920. The minimum Gasteiger partial charge on any atom is -0.299 e. The Morgan fingerprint density at radius 1 is 1.57 bits per heavy atom. The summed E-state index contributed by atoms with van der Waals surface area (Å²) >= 11 is 0.